The minimum absolute atomic E-state index is 0.161. The Balaban J connectivity index is 2.90. The van der Waals surface area contributed by atoms with E-state index in [0.717, 1.165) is 0 Å². The smallest absolute Gasteiger partial charge is 0.317 e. The number of nitrogens with one attached hydrogen (secondary N) is 1. The molecule has 0 spiro atoms. The Morgan fingerprint density at radius 1 is 1.14 bits per heavy atom. The lowest BCUT2D eigenvalue weighted by molar-refractivity contribution is -0.146. The monoisotopic (exact) mass is 303 g/mol. The van der Waals surface area contributed by atoms with Crippen LogP contribution in [0.5, 0.6) is 0 Å². The van der Waals surface area contributed by atoms with Gasteiger partial charge in [0, 0.05) is 31.7 Å². The molecule has 1 heterocycles. The fourth-order valence-electron chi connectivity index (χ4n) is 2.51. The van der Waals surface area contributed by atoms with Crippen LogP contribution in [-0.4, -0.2) is 94.4 Å². The molecular formula is C12H21N3O6. The van der Waals surface area contributed by atoms with Crippen molar-refractivity contribution in [3.05, 3.63) is 0 Å². The van der Waals surface area contributed by atoms with Crippen molar-refractivity contribution in [2.24, 2.45) is 0 Å². The third kappa shape index (κ3) is 5.66. The van der Waals surface area contributed by atoms with Gasteiger partial charge < -0.3 is 20.6 Å². The molecule has 0 amide bonds. The summed E-state index contributed by atoms with van der Waals surface area (Å²) in [7, 11) is 0. The van der Waals surface area contributed by atoms with E-state index in [4.69, 9.17) is 15.3 Å². The van der Waals surface area contributed by atoms with E-state index in [1.54, 1.807) is 11.8 Å². The van der Waals surface area contributed by atoms with Gasteiger partial charge in [0.2, 0.25) is 0 Å². The van der Waals surface area contributed by atoms with Crippen molar-refractivity contribution < 1.29 is 29.7 Å². The highest BCUT2D eigenvalue weighted by Crippen LogP contribution is 2.18. The van der Waals surface area contributed by atoms with E-state index in [1.807, 2.05) is 0 Å². The molecule has 0 aromatic rings. The lowest BCUT2D eigenvalue weighted by Crippen LogP contribution is -2.59. The molecule has 120 valence electrons. The van der Waals surface area contributed by atoms with Crippen LogP contribution in [0.25, 0.3) is 0 Å². The van der Waals surface area contributed by atoms with E-state index in [0.29, 0.717) is 19.6 Å². The third-order valence-electron chi connectivity index (χ3n) is 3.45. The Morgan fingerprint density at radius 3 is 2.19 bits per heavy atom. The number of aliphatic carboxylic acids is 3. The zero-order valence-corrected chi connectivity index (χ0v) is 11.9. The van der Waals surface area contributed by atoms with Gasteiger partial charge in [-0.1, -0.05) is 0 Å². The molecule has 1 saturated heterocycles. The van der Waals surface area contributed by atoms with Crippen molar-refractivity contribution in [1.29, 1.82) is 0 Å². The largest absolute Gasteiger partial charge is 0.480 e. The molecule has 0 saturated carbocycles. The van der Waals surface area contributed by atoms with Crippen LogP contribution in [0, 0.1) is 0 Å². The van der Waals surface area contributed by atoms with Gasteiger partial charge in [-0.05, 0) is 6.92 Å². The summed E-state index contributed by atoms with van der Waals surface area (Å²) in [6.45, 7) is 2.51. The highest BCUT2D eigenvalue weighted by atomic mass is 16.4. The maximum Gasteiger partial charge on any atom is 0.317 e. The molecule has 1 aliphatic heterocycles. The van der Waals surface area contributed by atoms with Crippen LogP contribution in [0.1, 0.15) is 6.92 Å². The van der Waals surface area contributed by atoms with Crippen molar-refractivity contribution in [3.63, 3.8) is 0 Å². The number of rotatable bonds is 7. The van der Waals surface area contributed by atoms with Crippen molar-refractivity contribution in [3.8, 4) is 0 Å². The normalized spacial score (nSPS) is 23.7. The quantitative estimate of drug-likeness (QED) is 0.430. The van der Waals surface area contributed by atoms with E-state index in [2.05, 4.69) is 5.32 Å². The molecule has 1 fully saturated rings. The molecule has 1 aliphatic rings. The first kappa shape index (κ1) is 17.3. The molecule has 0 bridgehead atoms. The highest BCUT2D eigenvalue weighted by Gasteiger charge is 2.37. The number of hydrogen-bond acceptors (Lipinski definition) is 6. The molecule has 1 unspecified atom stereocenters. The summed E-state index contributed by atoms with van der Waals surface area (Å²) < 4.78 is 0. The zero-order valence-electron chi connectivity index (χ0n) is 11.9. The Hall–Kier alpha value is -1.71. The van der Waals surface area contributed by atoms with Gasteiger partial charge in [0.25, 0.3) is 0 Å². The van der Waals surface area contributed by atoms with E-state index < -0.39 is 36.5 Å². The molecule has 9 heteroatoms. The van der Waals surface area contributed by atoms with E-state index in [-0.39, 0.29) is 13.1 Å². The second-order valence-corrected chi connectivity index (χ2v) is 5.42. The molecule has 4 N–H and O–H groups in total. The third-order valence-corrected chi connectivity index (χ3v) is 3.45. The minimum Gasteiger partial charge on any atom is -0.480 e. The lowest BCUT2D eigenvalue weighted by Gasteiger charge is -2.41. The molecule has 1 rings (SSSR count). The van der Waals surface area contributed by atoms with Crippen LogP contribution in [0.3, 0.4) is 0 Å². The number of hydrogen-bond donors (Lipinski definition) is 4. The summed E-state index contributed by atoms with van der Waals surface area (Å²) in [5, 5.41) is 29.9. The lowest BCUT2D eigenvalue weighted by atomic mass is 9.98. The van der Waals surface area contributed by atoms with E-state index in [1.165, 1.54) is 4.90 Å². The van der Waals surface area contributed by atoms with Gasteiger partial charge in [-0.15, -0.1) is 0 Å². The zero-order chi connectivity index (χ0) is 16.0. The van der Waals surface area contributed by atoms with E-state index in [9.17, 15) is 14.4 Å². The molecule has 21 heavy (non-hydrogen) atoms. The SMILES string of the molecule is CC1(N(CC(=O)O)CC(=O)O)CNCCN(CC(=O)O)C1. The van der Waals surface area contributed by atoms with Gasteiger partial charge in [0.1, 0.15) is 0 Å². The molecule has 0 aliphatic carbocycles. The van der Waals surface area contributed by atoms with Gasteiger partial charge in [0.15, 0.2) is 0 Å². The standard InChI is InChI=1S/C12H21N3O6/c1-12(15(5-10(18)19)6-11(20)21)7-13-2-3-14(8-12)4-9(16)17/h13H,2-8H2,1H3,(H,16,17)(H,18,19)(H,20,21). The average molecular weight is 303 g/mol. The predicted octanol–water partition coefficient (Wildman–Crippen LogP) is -1.79. The van der Waals surface area contributed by atoms with Gasteiger partial charge in [0.05, 0.1) is 19.6 Å². The van der Waals surface area contributed by atoms with Gasteiger partial charge in [-0.2, -0.15) is 0 Å². The second-order valence-electron chi connectivity index (χ2n) is 5.42. The fraction of sp³-hybridized carbons (Fsp3) is 0.750. The second kappa shape index (κ2) is 7.34. The first-order chi connectivity index (χ1) is 9.73. The highest BCUT2D eigenvalue weighted by molar-refractivity contribution is 5.73. The van der Waals surface area contributed by atoms with Crippen molar-refractivity contribution in [2.45, 2.75) is 12.5 Å². The molecule has 0 aromatic heterocycles. The Kier molecular flexibility index (Phi) is 6.06. The molecule has 0 radical (unpaired) electrons. The summed E-state index contributed by atoms with van der Waals surface area (Å²) in [6.07, 6.45) is 0. The van der Waals surface area contributed by atoms with E-state index >= 15 is 0 Å². The topological polar surface area (TPSA) is 130 Å². The number of carbonyl (C=O) groups is 3. The number of carboxylic acid groups (broad SMARTS) is 3. The van der Waals surface area contributed by atoms with Gasteiger partial charge in [-0.3, -0.25) is 24.2 Å². The summed E-state index contributed by atoms with van der Waals surface area (Å²) >= 11 is 0. The molecule has 1 atom stereocenters. The molecule has 0 aromatic carbocycles. The van der Waals surface area contributed by atoms with Gasteiger partial charge in [-0.25, -0.2) is 0 Å². The number of nitrogens with zero attached hydrogens (tertiary/aromatic N) is 2. The Labute approximate surface area is 122 Å². The predicted molar refractivity (Wildman–Crippen MR) is 72.2 cm³/mol. The summed E-state index contributed by atoms with van der Waals surface area (Å²) in [6, 6.07) is 0. The van der Waals surface area contributed by atoms with Crippen LogP contribution in [-0.2, 0) is 14.4 Å². The Morgan fingerprint density at radius 2 is 1.71 bits per heavy atom. The summed E-state index contributed by atoms with van der Waals surface area (Å²) in [4.78, 5) is 35.8. The fourth-order valence-corrected chi connectivity index (χ4v) is 2.51. The Bertz CT molecular complexity index is 400. The summed E-state index contributed by atoms with van der Waals surface area (Å²) in [5.74, 6) is -3.21. The van der Waals surface area contributed by atoms with Crippen LogP contribution in [0.2, 0.25) is 0 Å². The van der Waals surface area contributed by atoms with Gasteiger partial charge >= 0.3 is 17.9 Å². The van der Waals surface area contributed by atoms with Crippen LogP contribution in [0.4, 0.5) is 0 Å². The maximum absolute atomic E-state index is 11.0. The van der Waals surface area contributed by atoms with Crippen molar-refractivity contribution in [1.82, 2.24) is 15.1 Å². The van der Waals surface area contributed by atoms with Crippen molar-refractivity contribution >= 4 is 17.9 Å². The minimum atomic E-state index is -1.12. The first-order valence-electron chi connectivity index (χ1n) is 6.56. The first-order valence-corrected chi connectivity index (χ1v) is 6.56. The number of carboxylic acids is 3. The van der Waals surface area contributed by atoms with Crippen LogP contribution in [0.15, 0.2) is 0 Å². The van der Waals surface area contributed by atoms with Crippen LogP contribution < -0.4 is 5.32 Å². The van der Waals surface area contributed by atoms with Crippen molar-refractivity contribution in [2.75, 3.05) is 45.8 Å². The average Bonchev–Trinajstić information content (AvgIpc) is 2.49. The maximum atomic E-state index is 11.0. The molecular weight excluding hydrogens is 282 g/mol. The molecule has 9 nitrogen and oxygen atoms in total. The summed E-state index contributed by atoms with van der Waals surface area (Å²) in [5.41, 5.74) is -0.775. The van der Waals surface area contributed by atoms with Crippen LogP contribution >= 0.6 is 0 Å².